The van der Waals surface area contributed by atoms with Gasteiger partial charge in [-0.15, -0.1) is 0 Å². The van der Waals surface area contributed by atoms with Crippen LogP contribution in [0, 0.1) is 12.3 Å². The molecular formula is C14H21ClN2O. The highest BCUT2D eigenvalue weighted by molar-refractivity contribution is 6.31. The van der Waals surface area contributed by atoms with E-state index in [-0.39, 0.29) is 17.5 Å². The van der Waals surface area contributed by atoms with Crippen LogP contribution in [0.1, 0.15) is 33.3 Å². The van der Waals surface area contributed by atoms with Crippen LogP contribution in [0.4, 0.5) is 10.5 Å². The van der Waals surface area contributed by atoms with E-state index in [1.165, 1.54) is 0 Å². The van der Waals surface area contributed by atoms with E-state index in [0.717, 1.165) is 5.56 Å². The third-order valence-electron chi connectivity index (χ3n) is 3.08. The van der Waals surface area contributed by atoms with Crippen LogP contribution in [0.2, 0.25) is 5.02 Å². The molecule has 0 aromatic heterocycles. The van der Waals surface area contributed by atoms with Gasteiger partial charge in [0.05, 0.1) is 0 Å². The molecule has 0 heterocycles. The summed E-state index contributed by atoms with van der Waals surface area (Å²) < 4.78 is 0. The Bertz CT molecular complexity index is 438. The first-order valence-corrected chi connectivity index (χ1v) is 6.41. The summed E-state index contributed by atoms with van der Waals surface area (Å²) in [5.74, 6) is 0. The fourth-order valence-corrected chi connectivity index (χ4v) is 1.43. The standard InChI is InChI=1S/C14H21ClN2O/c1-9-6-7-11(8-12(9)15)17-13(18)16-10(2)14(3,4)5/h6-8,10H,1-5H3,(H2,16,17,18). The van der Waals surface area contributed by atoms with Gasteiger partial charge in [0.1, 0.15) is 0 Å². The van der Waals surface area contributed by atoms with Crippen LogP contribution in [0.5, 0.6) is 0 Å². The minimum Gasteiger partial charge on any atom is -0.335 e. The van der Waals surface area contributed by atoms with Crippen LogP contribution >= 0.6 is 11.6 Å². The van der Waals surface area contributed by atoms with Crippen molar-refractivity contribution in [1.29, 1.82) is 0 Å². The average Bonchev–Trinajstić information content (AvgIpc) is 2.22. The molecule has 1 aromatic rings. The number of halogens is 1. The molecule has 0 saturated heterocycles. The minimum atomic E-state index is -0.211. The van der Waals surface area contributed by atoms with Gasteiger partial charge in [-0.2, -0.15) is 0 Å². The maximum Gasteiger partial charge on any atom is 0.319 e. The molecule has 0 aliphatic heterocycles. The fraction of sp³-hybridized carbons (Fsp3) is 0.500. The lowest BCUT2D eigenvalue weighted by molar-refractivity contribution is 0.233. The van der Waals surface area contributed by atoms with Crippen LogP contribution in [0.3, 0.4) is 0 Å². The van der Waals surface area contributed by atoms with Crippen molar-refractivity contribution in [1.82, 2.24) is 5.32 Å². The van der Waals surface area contributed by atoms with Crippen LogP contribution in [0.25, 0.3) is 0 Å². The second kappa shape index (κ2) is 5.61. The molecule has 0 saturated carbocycles. The number of benzene rings is 1. The van der Waals surface area contributed by atoms with Gasteiger partial charge in [0.2, 0.25) is 0 Å². The van der Waals surface area contributed by atoms with Crippen molar-refractivity contribution in [2.45, 2.75) is 40.7 Å². The molecule has 0 radical (unpaired) electrons. The summed E-state index contributed by atoms with van der Waals surface area (Å²) in [5, 5.41) is 6.34. The first kappa shape index (κ1) is 14.8. The third kappa shape index (κ3) is 4.22. The molecule has 4 heteroatoms. The Balaban J connectivity index is 2.62. The molecule has 2 amide bonds. The van der Waals surface area contributed by atoms with Crippen LogP contribution in [0.15, 0.2) is 18.2 Å². The predicted molar refractivity (Wildman–Crippen MR) is 77.3 cm³/mol. The monoisotopic (exact) mass is 268 g/mol. The molecule has 3 nitrogen and oxygen atoms in total. The van der Waals surface area contributed by atoms with E-state index in [2.05, 4.69) is 31.4 Å². The summed E-state index contributed by atoms with van der Waals surface area (Å²) in [6.45, 7) is 10.2. The lowest BCUT2D eigenvalue weighted by Gasteiger charge is -2.28. The van der Waals surface area contributed by atoms with Gasteiger partial charge in [-0.25, -0.2) is 4.79 Å². The highest BCUT2D eigenvalue weighted by Crippen LogP contribution is 2.21. The third-order valence-corrected chi connectivity index (χ3v) is 3.48. The SMILES string of the molecule is Cc1ccc(NC(=O)NC(C)C(C)(C)C)cc1Cl. The van der Waals surface area contributed by atoms with Crippen LogP contribution in [-0.2, 0) is 0 Å². The van der Waals surface area contributed by atoms with Crippen molar-refractivity contribution < 1.29 is 4.79 Å². The van der Waals surface area contributed by atoms with E-state index in [9.17, 15) is 4.79 Å². The normalized spacial score (nSPS) is 13.0. The number of aryl methyl sites for hydroxylation is 1. The summed E-state index contributed by atoms with van der Waals surface area (Å²) in [5.41, 5.74) is 1.72. The molecule has 18 heavy (non-hydrogen) atoms. The summed E-state index contributed by atoms with van der Waals surface area (Å²) in [4.78, 5) is 11.8. The molecule has 1 aromatic carbocycles. The van der Waals surface area contributed by atoms with Crippen LogP contribution in [-0.4, -0.2) is 12.1 Å². The Kier molecular flexibility index (Phi) is 4.63. The summed E-state index contributed by atoms with van der Waals surface area (Å²) in [6, 6.07) is 5.34. The summed E-state index contributed by atoms with van der Waals surface area (Å²) in [6.07, 6.45) is 0. The van der Waals surface area contributed by atoms with Crippen molar-refractivity contribution in [2.24, 2.45) is 5.41 Å². The number of nitrogens with one attached hydrogen (secondary N) is 2. The molecule has 0 fully saturated rings. The number of carbonyl (C=O) groups excluding carboxylic acids is 1. The molecule has 1 unspecified atom stereocenters. The Morgan fingerprint density at radius 1 is 1.33 bits per heavy atom. The summed E-state index contributed by atoms with van der Waals surface area (Å²) in [7, 11) is 0. The Labute approximate surface area is 114 Å². The lowest BCUT2D eigenvalue weighted by Crippen LogP contribution is -2.43. The first-order chi connectivity index (χ1) is 8.20. The Morgan fingerprint density at radius 3 is 2.44 bits per heavy atom. The number of hydrogen-bond acceptors (Lipinski definition) is 1. The fourth-order valence-electron chi connectivity index (χ4n) is 1.25. The number of urea groups is 1. The second-order valence-electron chi connectivity index (χ2n) is 5.65. The number of hydrogen-bond donors (Lipinski definition) is 2. The molecule has 1 atom stereocenters. The minimum absolute atomic E-state index is 0.0300. The molecule has 0 bridgehead atoms. The average molecular weight is 269 g/mol. The summed E-state index contributed by atoms with van der Waals surface area (Å²) >= 11 is 6.00. The van der Waals surface area contributed by atoms with Gasteiger partial charge in [0, 0.05) is 16.8 Å². The van der Waals surface area contributed by atoms with E-state index in [1.807, 2.05) is 26.0 Å². The molecule has 1 rings (SSSR count). The highest BCUT2D eigenvalue weighted by atomic mass is 35.5. The van der Waals surface area contributed by atoms with Crippen molar-refractivity contribution in [3.05, 3.63) is 28.8 Å². The number of rotatable bonds is 2. The number of carbonyl (C=O) groups is 1. The zero-order chi connectivity index (χ0) is 13.9. The quantitative estimate of drug-likeness (QED) is 0.829. The van der Waals surface area contributed by atoms with Crippen molar-refractivity contribution >= 4 is 23.3 Å². The number of anilines is 1. The predicted octanol–water partition coefficient (Wildman–Crippen LogP) is 4.20. The van der Waals surface area contributed by atoms with Crippen molar-refractivity contribution in [3.8, 4) is 0 Å². The van der Waals surface area contributed by atoms with E-state index in [4.69, 9.17) is 11.6 Å². The highest BCUT2D eigenvalue weighted by Gasteiger charge is 2.21. The van der Waals surface area contributed by atoms with Gasteiger partial charge in [0.25, 0.3) is 0 Å². The zero-order valence-corrected chi connectivity index (χ0v) is 12.4. The van der Waals surface area contributed by atoms with E-state index < -0.39 is 0 Å². The Hall–Kier alpha value is -1.22. The van der Waals surface area contributed by atoms with Gasteiger partial charge in [-0.3, -0.25) is 0 Å². The topological polar surface area (TPSA) is 41.1 Å². The van der Waals surface area contributed by atoms with Gasteiger partial charge < -0.3 is 10.6 Å². The van der Waals surface area contributed by atoms with Crippen LogP contribution < -0.4 is 10.6 Å². The van der Waals surface area contributed by atoms with Gasteiger partial charge in [0.15, 0.2) is 0 Å². The molecule has 0 aliphatic carbocycles. The van der Waals surface area contributed by atoms with E-state index >= 15 is 0 Å². The van der Waals surface area contributed by atoms with Gasteiger partial charge >= 0.3 is 6.03 Å². The smallest absolute Gasteiger partial charge is 0.319 e. The number of amides is 2. The van der Waals surface area contributed by atoms with Gasteiger partial charge in [-0.1, -0.05) is 38.4 Å². The Morgan fingerprint density at radius 2 is 1.94 bits per heavy atom. The first-order valence-electron chi connectivity index (χ1n) is 6.04. The second-order valence-corrected chi connectivity index (χ2v) is 6.06. The molecular weight excluding hydrogens is 248 g/mol. The zero-order valence-electron chi connectivity index (χ0n) is 11.6. The lowest BCUT2D eigenvalue weighted by atomic mass is 9.88. The largest absolute Gasteiger partial charge is 0.335 e. The van der Waals surface area contributed by atoms with Crippen molar-refractivity contribution in [2.75, 3.05) is 5.32 Å². The van der Waals surface area contributed by atoms with Gasteiger partial charge in [-0.05, 0) is 37.0 Å². The molecule has 2 N–H and O–H groups in total. The van der Waals surface area contributed by atoms with Crippen molar-refractivity contribution in [3.63, 3.8) is 0 Å². The van der Waals surface area contributed by atoms with E-state index in [1.54, 1.807) is 6.07 Å². The molecule has 0 spiro atoms. The molecule has 100 valence electrons. The maximum atomic E-state index is 11.8. The van der Waals surface area contributed by atoms with E-state index in [0.29, 0.717) is 10.7 Å². The molecule has 0 aliphatic rings. The maximum absolute atomic E-state index is 11.8.